The first kappa shape index (κ1) is 12.4. The summed E-state index contributed by atoms with van der Waals surface area (Å²) in [6, 6.07) is 17.8. The maximum Gasteiger partial charge on any atom is 0.161 e. The molecule has 2 aromatic heterocycles. The summed E-state index contributed by atoms with van der Waals surface area (Å²) in [4.78, 5) is 4.66. The number of aryl methyl sites for hydroxylation is 1. The van der Waals surface area contributed by atoms with Gasteiger partial charge >= 0.3 is 0 Å². The van der Waals surface area contributed by atoms with E-state index in [4.69, 9.17) is 16.0 Å². The molecular weight excluding hydrogens is 282 g/mol. The van der Waals surface area contributed by atoms with Gasteiger partial charge in [0.05, 0.1) is 0 Å². The third kappa shape index (κ3) is 1.99. The molecule has 4 aromatic rings. The Kier molecular flexibility index (Phi) is 2.72. The maximum absolute atomic E-state index is 6.12. The zero-order valence-corrected chi connectivity index (χ0v) is 12.2. The van der Waals surface area contributed by atoms with Gasteiger partial charge in [-0.15, -0.1) is 0 Å². The summed E-state index contributed by atoms with van der Waals surface area (Å²) in [6.45, 7) is 2.00. The van der Waals surface area contributed by atoms with Crippen LogP contribution in [0.25, 0.3) is 33.2 Å². The number of nitrogens with zero attached hydrogens (tertiary/aromatic N) is 1. The summed E-state index contributed by atoms with van der Waals surface area (Å²) in [5, 5.41) is 2.79. The third-order valence-corrected chi connectivity index (χ3v) is 3.83. The number of aromatic nitrogens is 1. The zero-order chi connectivity index (χ0) is 14.4. The molecule has 0 amide bonds. The molecule has 0 saturated carbocycles. The lowest BCUT2D eigenvalue weighted by molar-refractivity contribution is 0.668. The number of rotatable bonds is 1. The first-order valence-electron chi connectivity index (χ1n) is 6.77. The van der Waals surface area contributed by atoms with E-state index >= 15 is 0 Å². The summed E-state index contributed by atoms with van der Waals surface area (Å²) in [6.07, 6.45) is 0. The zero-order valence-electron chi connectivity index (χ0n) is 11.4. The molecule has 0 spiro atoms. The first-order chi connectivity index (χ1) is 10.2. The molecular formula is C18H12ClNO. The highest BCUT2D eigenvalue weighted by Gasteiger charge is 2.14. The van der Waals surface area contributed by atoms with Crippen molar-refractivity contribution in [3.05, 3.63) is 65.3 Å². The summed E-state index contributed by atoms with van der Waals surface area (Å²) in [5.74, 6) is 0. The third-order valence-electron chi connectivity index (χ3n) is 3.59. The van der Waals surface area contributed by atoms with Crippen molar-refractivity contribution in [2.75, 3.05) is 0 Å². The number of benzene rings is 2. The fraction of sp³-hybridized carbons (Fsp3) is 0.0556. The molecule has 0 aliphatic heterocycles. The van der Waals surface area contributed by atoms with Gasteiger partial charge in [0.25, 0.3) is 0 Å². The number of hydrogen-bond acceptors (Lipinski definition) is 2. The van der Waals surface area contributed by atoms with Crippen molar-refractivity contribution in [1.82, 2.24) is 4.98 Å². The highest BCUT2D eigenvalue weighted by Crippen LogP contribution is 2.36. The van der Waals surface area contributed by atoms with Crippen LogP contribution in [0.3, 0.4) is 0 Å². The van der Waals surface area contributed by atoms with Crippen LogP contribution in [0.4, 0.5) is 0 Å². The van der Waals surface area contributed by atoms with Gasteiger partial charge in [-0.1, -0.05) is 41.9 Å². The van der Waals surface area contributed by atoms with Gasteiger partial charge in [-0.2, -0.15) is 0 Å². The minimum absolute atomic E-state index is 0.709. The largest absolute Gasteiger partial charge is 0.454 e. The molecule has 0 unspecified atom stereocenters. The number of halogens is 1. The lowest BCUT2D eigenvalue weighted by Gasteiger charge is -2.03. The second-order valence-corrected chi connectivity index (χ2v) is 5.53. The Bertz CT molecular complexity index is 957. The fourth-order valence-corrected chi connectivity index (χ4v) is 2.84. The fourth-order valence-electron chi connectivity index (χ4n) is 2.67. The van der Waals surface area contributed by atoms with Crippen molar-refractivity contribution < 1.29 is 4.42 Å². The van der Waals surface area contributed by atoms with Gasteiger partial charge in [-0.05, 0) is 31.2 Å². The van der Waals surface area contributed by atoms with Gasteiger partial charge in [-0.3, -0.25) is 0 Å². The molecule has 2 heterocycles. The van der Waals surface area contributed by atoms with Crippen molar-refractivity contribution in [2.24, 2.45) is 0 Å². The standard InChI is InChI=1S/C18H12ClNO/c1-11-9-15-14-10-13(19)7-8-16(14)21-18(15)17(20-11)12-5-3-2-4-6-12/h2-10H,1H3. The molecule has 4 rings (SSSR count). The van der Waals surface area contributed by atoms with E-state index < -0.39 is 0 Å². The van der Waals surface area contributed by atoms with Crippen molar-refractivity contribution in [1.29, 1.82) is 0 Å². The molecule has 0 aliphatic rings. The monoisotopic (exact) mass is 293 g/mol. The van der Waals surface area contributed by atoms with E-state index in [1.807, 2.05) is 61.5 Å². The van der Waals surface area contributed by atoms with Gasteiger partial charge in [0.1, 0.15) is 11.3 Å². The van der Waals surface area contributed by atoms with Gasteiger partial charge in [-0.25, -0.2) is 4.98 Å². The molecule has 0 saturated heterocycles. The van der Waals surface area contributed by atoms with Crippen LogP contribution in [0.15, 0.2) is 59.0 Å². The molecule has 0 atom stereocenters. The Morgan fingerprint density at radius 1 is 0.952 bits per heavy atom. The summed E-state index contributed by atoms with van der Waals surface area (Å²) >= 11 is 6.12. The van der Waals surface area contributed by atoms with Crippen LogP contribution in [0.2, 0.25) is 5.02 Å². The molecule has 3 heteroatoms. The maximum atomic E-state index is 6.12. The second-order valence-electron chi connectivity index (χ2n) is 5.10. The number of fused-ring (bicyclic) bond motifs is 3. The molecule has 0 N–H and O–H groups in total. The molecule has 21 heavy (non-hydrogen) atoms. The normalized spacial score (nSPS) is 11.3. The van der Waals surface area contributed by atoms with E-state index in [0.29, 0.717) is 5.02 Å². The Labute approximate surface area is 127 Å². The molecule has 0 aliphatic carbocycles. The van der Waals surface area contributed by atoms with Gasteiger partial charge in [0.2, 0.25) is 0 Å². The Morgan fingerprint density at radius 3 is 2.57 bits per heavy atom. The van der Waals surface area contributed by atoms with Crippen molar-refractivity contribution in [3.8, 4) is 11.3 Å². The van der Waals surface area contributed by atoms with E-state index in [-0.39, 0.29) is 0 Å². The Morgan fingerprint density at radius 2 is 1.76 bits per heavy atom. The van der Waals surface area contributed by atoms with Crippen molar-refractivity contribution >= 4 is 33.5 Å². The Hall–Kier alpha value is -2.32. The van der Waals surface area contributed by atoms with Crippen molar-refractivity contribution in [3.63, 3.8) is 0 Å². The lowest BCUT2D eigenvalue weighted by atomic mass is 10.1. The van der Waals surface area contributed by atoms with Crippen LogP contribution in [-0.2, 0) is 0 Å². The highest BCUT2D eigenvalue weighted by atomic mass is 35.5. The quantitative estimate of drug-likeness (QED) is 0.456. The predicted molar refractivity (Wildman–Crippen MR) is 86.7 cm³/mol. The molecule has 2 aromatic carbocycles. The van der Waals surface area contributed by atoms with E-state index in [1.54, 1.807) is 0 Å². The summed E-state index contributed by atoms with van der Waals surface area (Å²) < 4.78 is 6.03. The SMILES string of the molecule is Cc1cc2c(oc3ccc(Cl)cc32)c(-c2ccccc2)n1. The summed E-state index contributed by atoms with van der Waals surface area (Å²) in [5.41, 5.74) is 4.53. The summed E-state index contributed by atoms with van der Waals surface area (Å²) in [7, 11) is 0. The molecule has 102 valence electrons. The second kappa shape index (κ2) is 4.61. The van der Waals surface area contributed by atoms with Crippen LogP contribution in [0, 0.1) is 6.92 Å². The van der Waals surface area contributed by atoms with E-state index in [0.717, 1.165) is 38.9 Å². The lowest BCUT2D eigenvalue weighted by Crippen LogP contribution is -1.87. The van der Waals surface area contributed by atoms with Gasteiger partial charge in [0, 0.05) is 27.1 Å². The highest BCUT2D eigenvalue weighted by molar-refractivity contribution is 6.31. The number of pyridine rings is 1. The molecule has 2 nitrogen and oxygen atoms in total. The van der Waals surface area contributed by atoms with Crippen LogP contribution >= 0.6 is 11.6 Å². The minimum Gasteiger partial charge on any atom is -0.454 e. The van der Waals surface area contributed by atoms with Gasteiger partial charge < -0.3 is 4.42 Å². The Balaban J connectivity index is 2.15. The minimum atomic E-state index is 0.709. The van der Waals surface area contributed by atoms with E-state index in [9.17, 15) is 0 Å². The van der Waals surface area contributed by atoms with E-state index in [1.165, 1.54) is 0 Å². The average molecular weight is 294 g/mol. The predicted octanol–water partition coefficient (Wildman–Crippen LogP) is 5.61. The average Bonchev–Trinajstić information content (AvgIpc) is 2.85. The smallest absolute Gasteiger partial charge is 0.161 e. The molecule has 0 radical (unpaired) electrons. The van der Waals surface area contributed by atoms with Crippen LogP contribution < -0.4 is 0 Å². The van der Waals surface area contributed by atoms with Crippen LogP contribution in [0.1, 0.15) is 5.69 Å². The van der Waals surface area contributed by atoms with E-state index in [2.05, 4.69) is 4.98 Å². The van der Waals surface area contributed by atoms with Crippen molar-refractivity contribution in [2.45, 2.75) is 6.92 Å². The van der Waals surface area contributed by atoms with Gasteiger partial charge in [0.15, 0.2) is 5.58 Å². The topological polar surface area (TPSA) is 26.0 Å². The number of furan rings is 1. The first-order valence-corrected chi connectivity index (χ1v) is 7.15. The molecule has 0 bridgehead atoms. The van der Waals surface area contributed by atoms with Crippen LogP contribution in [-0.4, -0.2) is 4.98 Å². The number of hydrogen-bond donors (Lipinski definition) is 0. The van der Waals surface area contributed by atoms with Crippen LogP contribution in [0.5, 0.6) is 0 Å². The molecule has 0 fully saturated rings.